The lowest BCUT2D eigenvalue weighted by Gasteiger charge is -2.41. The maximum atomic E-state index is 6.02. The van der Waals surface area contributed by atoms with Crippen molar-refractivity contribution < 1.29 is 4.48 Å². The van der Waals surface area contributed by atoms with E-state index in [4.69, 9.17) is 6.42 Å². The fourth-order valence-electron chi connectivity index (χ4n) is 4.60. The number of hydrogen-bond donors (Lipinski definition) is 0. The van der Waals surface area contributed by atoms with Crippen molar-refractivity contribution in [2.45, 2.75) is 114 Å². The second kappa shape index (κ2) is 19.0. The van der Waals surface area contributed by atoms with Gasteiger partial charge in [-0.2, -0.15) is 0 Å². The molecule has 0 fully saturated rings. The molecule has 0 spiro atoms. The molecule has 176 valence electrons. The van der Waals surface area contributed by atoms with Crippen LogP contribution in [0.3, 0.4) is 0 Å². The Balaban J connectivity index is 2.64. The minimum atomic E-state index is 0.279. The molecule has 1 atom stereocenters. The van der Waals surface area contributed by atoms with E-state index in [1.165, 1.54) is 115 Å². The SMILES string of the molecule is C#CC(I)[N+](CCCCCCCCC)(CCCCCCCCC)CCc1ccccc1. The molecule has 0 aliphatic carbocycles. The number of rotatable bonds is 20. The Hall–Kier alpha value is -0.530. The van der Waals surface area contributed by atoms with Crippen LogP contribution in [0.25, 0.3) is 0 Å². The molecule has 2 heteroatoms. The molecule has 0 heterocycles. The fraction of sp³-hybridized carbons (Fsp3) is 0.724. The summed E-state index contributed by atoms with van der Waals surface area (Å²) in [4.78, 5) is 0. The summed E-state index contributed by atoms with van der Waals surface area (Å²) in [7, 11) is 0. The third-order valence-electron chi connectivity index (χ3n) is 6.72. The summed E-state index contributed by atoms with van der Waals surface area (Å²) in [5, 5.41) is 0. The standard InChI is InChI=1S/C29H49IN/c1-4-7-9-11-13-15-20-25-31(29(30)6-3,26-21-16-14-12-10-8-5-2)27-24-28-22-18-17-19-23-28/h3,17-19,22-23,29H,4-5,7-16,20-21,24-27H2,1-2H3/q+1. The summed E-state index contributed by atoms with van der Waals surface area (Å²) in [6.45, 7) is 8.25. The number of nitrogens with zero attached hydrogens (tertiary/aromatic N) is 1. The molecule has 0 radical (unpaired) electrons. The van der Waals surface area contributed by atoms with Gasteiger partial charge in [0.15, 0.2) is 0 Å². The Morgan fingerprint density at radius 3 is 1.61 bits per heavy atom. The summed E-state index contributed by atoms with van der Waals surface area (Å²) in [5.41, 5.74) is 1.45. The Kier molecular flexibility index (Phi) is 17.5. The summed E-state index contributed by atoms with van der Waals surface area (Å²) < 4.78 is 1.39. The largest absolute Gasteiger partial charge is 0.303 e. The normalized spacial score (nSPS) is 12.6. The molecular weight excluding hydrogens is 489 g/mol. The van der Waals surface area contributed by atoms with Crippen LogP contribution < -0.4 is 0 Å². The number of hydrogen-bond acceptors (Lipinski definition) is 0. The van der Waals surface area contributed by atoms with Gasteiger partial charge in [0.2, 0.25) is 4.05 Å². The van der Waals surface area contributed by atoms with Gasteiger partial charge < -0.3 is 4.48 Å². The highest BCUT2D eigenvalue weighted by Crippen LogP contribution is 2.25. The first-order chi connectivity index (χ1) is 15.2. The summed E-state index contributed by atoms with van der Waals surface area (Å²) in [5.74, 6) is 3.14. The van der Waals surface area contributed by atoms with E-state index in [2.05, 4.69) is 72.7 Å². The van der Waals surface area contributed by atoms with Gasteiger partial charge in [0.25, 0.3) is 0 Å². The fourth-order valence-corrected chi connectivity index (χ4v) is 5.43. The molecule has 0 aliphatic rings. The number of unbranched alkanes of at least 4 members (excludes halogenated alkanes) is 12. The van der Waals surface area contributed by atoms with Crippen LogP contribution in [0.15, 0.2) is 30.3 Å². The van der Waals surface area contributed by atoms with Crippen molar-refractivity contribution in [1.82, 2.24) is 0 Å². The van der Waals surface area contributed by atoms with Crippen LogP contribution >= 0.6 is 22.6 Å². The van der Waals surface area contributed by atoms with Gasteiger partial charge in [-0.05, 0) is 37.2 Å². The van der Waals surface area contributed by atoms with Crippen LogP contribution in [-0.2, 0) is 6.42 Å². The molecule has 0 N–H and O–H groups in total. The first kappa shape index (κ1) is 28.5. The Morgan fingerprint density at radius 2 is 1.16 bits per heavy atom. The number of halogens is 1. The maximum Gasteiger partial charge on any atom is 0.200 e. The van der Waals surface area contributed by atoms with E-state index >= 15 is 0 Å². The molecule has 1 aromatic carbocycles. The second-order valence-corrected chi connectivity index (χ2v) is 10.5. The Bertz CT molecular complexity index is 544. The predicted octanol–water partition coefficient (Wildman–Crippen LogP) is 8.94. The minimum Gasteiger partial charge on any atom is -0.303 e. The number of terminal acetylenes is 1. The van der Waals surface area contributed by atoms with Gasteiger partial charge in [0.1, 0.15) is 0 Å². The average molecular weight is 539 g/mol. The van der Waals surface area contributed by atoms with Gasteiger partial charge in [-0.15, -0.1) is 6.42 Å². The molecule has 1 rings (SSSR count). The molecule has 31 heavy (non-hydrogen) atoms. The Labute approximate surface area is 208 Å². The molecule has 0 amide bonds. The first-order valence-electron chi connectivity index (χ1n) is 13.2. The van der Waals surface area contributed by atoms with E-state index in [1.807, 2.05) is 0 Å². The van der Waals surface area contributed by atoms with Crippen LogP contribution in [0.2, 0.25) is 0 Å². The first-order valence-corrected chi connectivity index (χ1v) is 14.4. The van der Waals surface area contributed by atoms with Crippen molar-refractivity contribution >= 4 is 22.6 Å². The third-order valence-corrected chi connectivity index (χ3v) is 8.26. The molecule has 0 aromatic heterocycles. The highest BCUT2D eigenvalue weighted by atomic mass is 127. The third kappa shape index (κ3) is 12.9. The lowest BCUT2D eigenvalue weighted by atomic mass is 10.1. The minimum absolute atomic E-state index is 0.279. The van der Waals surface area contributed by atoms with Gasteiger partial charge in [-0.25, -0.2) is 0 Å². The van der Waals surface area contributed by atoms with Crippen LogP contribution in [0.5, 0.6) is 0 Å². The zero-order valence-electron chi connectivity index (χ0n) is 20.6. The number of alkyl halides is 1. The Morgan fingerprint density at radius 1 is 0.710 bits per heavy atom. The van der Waals surface area contributed by atoms with Gasteiger partial charge >= 0.3 is 0 Å². The number of benzene rings is 1. The summed E-state index contributed by atoms with van der Waals surface area (Å²) >= 11 is 2.56. The van der Waals surface area contributed by atoms with E-state index < -0.39 is 0 Å². The molecule has 0 bridgehead atoms. The van der Waals surface area contributed by atoms with E-state index in [-0.39, 0.29) is 4.05 Å². The summed E-state index contributed by atoms with van der Waals surface area (Å²) in [6, 6.07) is 11.0. The highest BCUT2D eigenvalue weighted by Gasteiger charge is 2.33. The van der Waals surface area contributed by atoms with Crippen molar-refractivity contribution in [1.29, 1.82) is 0 Å². The molecular formula is C29H49IN+. The number of quaternary nitrogens is 1. The summed E-state index contributed by atoms with van der Waals surface area (Å²) in [6.07, 6.45) is 26.3. The van der Waals surface area contributed by atoms with Crippen molar-refractivity contribution in [2.75, 3.05) is 19.6 Å². The van der Waals surface area contributed by atoms with Crippen LogP contribution in [0.1, 0.15) is 109 Å². The van der Waals surface area contributed by atoms with Crippen molar-refractivity contribution in [3.8, 4) is 12.3 Å². The predicted molar refractivity (Wildman–Crippen MR) is 148 cm³/mol. The average Bonchev–Trinajstić information content (AvgIpc) is 2.81. The van der Waals surface area contributed by atoms with Crippen molar-refractivity contribution in [2.24, 2.45) is 0 Å². The van der Waals surface area contributed by atoms with Gasteiger partial charge in [0, 0.05) is 29.0 Å². The molecule has 0 saturated carbocycles. The lowest BCUT2D eigenvalue weighted by Crippen LogP contribution is -2.54. The zero-order valence-corrected chi connectivity index (χ0v) is 22.8. The molecule has 1 aromatic rings. The molecule has 0 aliphatic heterocycles. The van der Waals surface area contributed by atoms with Gasteiger partial charge in [-0.1, -0.05) is 108 Å². The smallest absolute Gasteiger partial charge is 0.200 e. The highest BCUT2D eigenvalue weighted by molar-refractivity contribution is 14.1. The van der Waals surface area contributed by atoms with E-state index in [0.717, 1.165) is 10.9 Å². The molecule has 1 unspecified atom stereocenters. The van der Waals surface area contributed by atoms with Crippen LogP contribution in [0, 0.1) is 12.3 Å². The van der Waals surface area contributed by atoms with E-state index in [1.54, 1.807) is 0 Å². The van der Waals surface area contributed by atoms with Crippen LogP contribution in [0.4, 0.5) is 0 Å². The molecule has 1 nitrogen and oxygen atoms in total. The lowest BCUT2D eigenvalue weighted by molar-refractivity contribution is -0.927. The van der Waals surface area contributed by atoms with E-state index in [9.17, 15) is 0 Å². The maximum absolute atomic E-state index is 6.02. The monoisotopic (exact) mass is 538 g/mol. The topological polar surface area (TPSA) is 0 Å². The zero-order chi connectivity index (χ0) is 22.6. The second-order valence-electron chi connectivity index (χ2n) is 9.37. The van der Waals surface area contributed by atoms with Crippen molar-refractivity contribution in [3.63, 3.8) is 0 Å². The molecule has 0 saturated heterocycles. The van der Waals surface area contributed by atoms with E-state index in [0.29, 0.717) is 0 Å². The van der Waals surface area contributed by atoms with Gasteiger partial charge in [-0.3, -0.25) is 0 Å². The quantitative estimate of drug-likeness (QED) is 0.0388. The van der Waals surface area contributed by atoms with Gasteiger partial charge in [0.05, 0.1) is 19.6 Å². The van der Waals surface area contributed by atoms with Crippen molar-refractivity contribution in [3.05, 3.63) is 35.9 Å². The van der Waals surface area contributed by atoms with Crippen LogP contribution in [-0.4, -0.2) is 28.2 Å².